The zero-order valence-corrected chi connectivity index (χ0v) is 14.0. The molecule has 2 heterocycles. The van der Waals surface area contributed by atoms with Gasteiger partial charge in [0.05, 0.1) is 0 Å². The van der Waals surface area contributed by atoms with Crippen LogP contribution in [0.5, 0.6) is 0 Å². The lowest BCUT2D eigenvalue weighted by Crippen LogP contribution is -2.38. The molecule has 1 aromatic heterocycles. The summed E-state index contributed by atoms with van der Waals surface area (Å²) in [7, 11) is 0. The Labute approximate surface area is 149 Å². The van der Waals surface area contributed by atoms with Crippen molar-refractivity contribution < 1.29 is 19.1 Å². The maximum absolute atomic E-state index is 13.7. The third kappa shape index (κ3) is 2.73. The summed E-state index contributed by atoms with van der Waals surface area (Å²) in [6.07, 6.45) is 0.570. The van der Waals surface area contributed by atoms with E-state index >= 15 is 0 Å². The molecule has 132 valence electrons. The predicted molar refractivity (Wildman–Crippen MR) is 94.4 cm³/mol. The molecule has 2 aromatic carbocycles. The lowest BCUT2D eigenvalue weighted by atomic mass is 10.0. The Balaban J connectivity index is 1.80. The van der Waals surface area contributed by atoms with E-state index in [-0.39, 0.29) is 12.5 Å². The molecule has 1 amide bonds. The minimum Gasteiger partial charge on any atom is -0.480 e. The number of carbonyl (C=O) groups is 2. The molecule has 5 nitrogen and oxygen atoms in total. The van der Waals surface area contributed by atoms with Gasteiger partial charge < -0.3 is 14.6 Å². The van der Waals surface area contributed by atoms with Gasteiger partial charge >= 0.3 is 5.97 Å². The summed E-state index contributed by atoms with van der Waals surface area (Å²) in [6.45, 7) is 0.647. The van der Waals surface area contributed by atoms with Gasteiger partial charge in [-0.1, -0.05) is 30.3 Å². The number of carbonyl (C=O) groups excluding carboxylic acids is 1. The highest BCUT2D eigenvalue weighted by atomic mass is 19.1. The Morgan fingerprint density at radius 3 is 2.65 bits per heavy atom. The first-order chi connectivity index (χ1) is 12.5. The molecule has 0 bridgehead atoms. The van der Waals surface area contributed by atoms with E-state index in [4.69, 9.17) is 0 Å². The largest absolute Gasteiger partial charge is 0.480 e. The van der Waals surface area contributed by atoms with Crippen molar-refractivity contribution in [3.8, 4) is 0 Å². The molecule has 4 rings (SSSR count). The van der Waals surface area contributed by atoms with E-state index in [0.29, 0.717) is 36.1 Å². The maximum atomic E-state index is 13.7. The molecule has 26 heavy (non-hydrogen) atoms. The number of nitrogens with zero attached hydrogens (tertiary/aromatic N) is 2. The van der Waals surface area contributed by atoms with Crippen molar-refractivity contribution in [2.24, 2.45) is 0 Å². The van der Waals surface area contributed by atoms with Gasteiger partial charge in [0.1, 0.15) is 18.1 Å². The molecule has 0 saturated carbocycles. The van der Waals surface area contributed by atoms with Crippen molar-refractivity contribution in [3.63, 3.8) is 0 Å². The van der Waals surface area contributed by atoms with Crippen LogP contribution >= 0.6 is 0 Å². The van der Waals surface area contributed by atoms with Crippen LogP contribution in [0.4, 0.5) is 4.39 Å². The Kier molecular flexibility index (Phi) is 3.95. The number of amides is 1. The fourth-order valence-electron chi connectivity index (χ4n) is 3.65. The van der Waals surface area contributed by atoms with Gasteiger partial charge in [0.25, 0.3) is 5.91 Å². The minimum absolute atomic E-state index is 0.215. The molecule has 0 unspecified atom stereocenters. The Bertz CT molecular complexity index is 1010. The number of hydrogen-bond acceptors (Lipinski definition) is 2. The predicted octanol–water partition coefficient (Wildman–Crippen LogP) is 3.06. The number of carboxylic acid groups (broad SMARTS) is 1. The van der Waals surface area contributed by atoms with Gasteiger partial charge in [-0.3, -0.25) is 9.59 Å². The highest BCUT2D eigenvalue weighted by molar-refractivity contribution is 6.03. The normalized spacial score (nSPS) is 13.9. The van der Waals surface area contributed by atoms with Crippen LogP contribution < -0.4 is 0 Å². The van der Waals surface area contributed by atoms with Gasteiger partial charge in [-0.15, -0.1) is 0 Å². The molecule has 6 heteroatoms. The summed E-state index contributed by atoms with van der Waals surface area (Å²) >= 11 is 0. The first-order valence-corrected chi connectivity index (χ1v) is 8.40. The van der Waals surface area contributed by atoms with E-state index in [1.165, 1.54) is 16.7 Å². The molecule has 1 aliphatic heterocycles. The van der Waals surface area contributed by atoms with E-state index in [1.807, 2.05) is 30.3 Å². The van der Waals surface area contributed by atoms with Gasteiger partial charge in [-0.05, 0) is 35.7 Å². The third-order valence-electron chi connectivity index (χ3n) is 4.76. The third-order valence-corrected chi connectivity index (χ3v) is 4.76. The molecule has 1 aliphatic rings. The molecule has 0 aliphatic carbocycles. The lowest BCUT2D eigenvalue weighted by molar-refractivity contribution is -0.137. The Morgan fingerprint density at radius 2 is 1.92 bits per heavy atom. The van der Waals surface area contributed by atoms with Crippen LogP contribution in [0.1, 0.15) is 21.6 Å². The Hall–Kier alpha value is -3.15. The van der Waals surface area contributed by atoms with Gasteiger partial charge in [-0.2, -0.15) is 0 Å². The molecule has 3 aromatic rings. The number of hydrogen-bond donors (Lipinski definition) is 1. The highest BCUT2D eigenvalue weighted by Gasteiger charge is 2.31. The van der Waals surface area contributed by atoms with Crippen LogP contribution in [-0.2, 0) is 24.3 Å². The van der Waals surface area contributed by atoms with Crippen molar-refractivity contribution >= 4 is 22.8 Å². The Morgan fingerprint density at radius 1 is 1.15 bits per heavy atom. The molecule has 0 radical (unpaired) electrons. The van der Waals surface area contributed by atoms with E-state index in [0.717, 1.165) is 11.1 Å². The topological polar surface area (TPSA) is 62.5 Å². The SMILES string of the molecule is O=C(O)Cn1c2c(c3cc(F)ccc31)CCN(Cc1ccccc1)C2=O. The first kappa shape index (κ1) is 16.3. The van der Waals surface area contributed by atoms with Crippen LogP contribution in [0.15, 0.2) is 48.5 Å². The summed E-state index contributed by atoms with van der Waals surface area (Å²) in [5, 5.41) is 9.89. The van der Waals surface area contributed by atoms with Crippen LogP contribution in [0.2, 0.25) is 0 Å². The molecule has 0 fully saturated rings. The van der Waals surface area contributed by atoms with Gasteiger partial charge in [0.15, 0.2) is 0 Å². The molecular formula is C20H17FN2O3. The minimum atomic E-state index is -1.04. The van der Waals surface area contributed by atoms with Crippen LogP contribution in [0.25, 0.3) is 10.9 Å². The van der Waals surface area contributed by atoms with Crippen molar-refractivity contribution in [2.75, 3.05) is 6.54 Å². The van der Waals surface area contributed by atoms with E-state index in [9.17, 15) is 19.1 Å². The van der Waals surface area contributed by atoms with Crippen LogP contribution in [-0.4, -0.2) is 33.0 Å². The number of aromatic nitrogens is 1. The fourth-order valence-corrected chi connectivity index (χ4v) is 3.65. The molecule has 0 saturated heterocycles. The van der Waals surface area contributed by atoms with Crippen LogP contribution in [0.3, 0.4) is 0 Å². The quantitative estimate of drug-likeness (QED) is 0.785. The standard InChI is InChI=1S/C20H17FN2O3/c21-14-6-7-17-16(10-14)15-8-9-22(11-13-4-2-1-3-5-13)20(26)19(15)23(17)12-18(24)25/h1-7,10H,8-9,11-12H2,(H,24,25). The van der Waals surface area contributed by atoms with Crippen molar-refractivity contribution in [2.45, 2.75) is 19.5 Å². The molecule has 1 N–H and O–H groups in total. The van der Waals surface area contributed by atoms with Crippen LogP contribution in [0, 0.1) is 5.82 Å². The number of halogens is 1. The van der Waals surface area contributed by atoms with Gasteiger partial charge in [0, 0.05) is 24.0 Å². The number of benzene rings is 2. The zero-order valence-electron chi connectivity index (χ0n) is 14.0. The number of aliphatic carboxylic acids is 1. The summed E-state index contributed by atoms with van der Waals surface area (Å²) in [5.74, 6) is -1.65. The van der Waals surface area contributed by atoms with E-state index in [1.54, 1.807) is 11.0 Å². The fraction of sp³-hybridized carbons (Fsp3) is 0.200. The van der Waals surface area contributed by atoms with Gasteiger partial charge in [0.2, 0.25) is 0 Å². The second-order valence-electron chi connectivity index (χ2n) is 6.43. The number of fused-ring (bicyclic) bond motifs is 3. The van der Waals surface area contributed by atoms with Crippen molar-refractivity contribution in [1.29, 1.82) is 0 Å². The van der Waals surface area contributed by atoms with Crippen molar-refractivity contribution in [3.05, 3.63) is 71.2 Å². The summed E-state index contributed by atoms with van der Waals surface area (Å²) in [4.78, 5) is 26.1. The maximum Gasteiger partial charge on any atom is 0.323 e. The highest BCUT2D eigenvalue weighted by Crippen LogP contribution is 2.32. The zero-order chi connectivity index (χ0) is 18.3. The number of rotatable bonds is 4. The van der Waals surface area contributed by atoms with E-state index in [2.05, 4.69) is 0 Å². The average Bonchev–Trinajstić information content (AvgIpc) is 2.91. The second kappa shape index (κ2) is 6.29. The summed E-state index contributed by atoms with van der Waals surface area (Å²) in [6, 6.07) is 13.9. The lowest BCUT2D eigenvalue weighted by Gasteiger charge is -2.28. The van der Waals surface area contributed by atoms with Crippen molar-refractivity contribution in [1.82, 2.24) is 9.47 Å². The molecular weight excluding hydrogens is 335 g/mol. The molecule has 0 atom stereocenters. The molecule has 0 spiro atoms. The van der Waals surface area contributed by atoms with Gasteiger partial charge in [-0.25, -0.2) is 4.39 Å². The second-order valence-corrected chi connectivity index (χ2v) is 6.43. The average molecular weight is 352 g/mol. The number of carboxylic acids is 1. The first-order valence-electron chi connectivity index (χ1n) is 8.40. The monoisotopic (exact) mass is 352 g/mol. The van der Waals surface area contributed by atoms with E-state index < -0.39 is 11.8 Å². The smallest absolute Gasteiger partial charge is 0.323 e. The summed E-state index contributed by atoms with van der Waals surface area (Å²) < 4.78 is 15.2. The summed E-state index contributed by atoms with van der Waals surface area (Å²) in [5.41, 5.74) is 2.68.